The van der Waals surface area contributed by atoms with Gasteiger partial charge < -0.3 is 10.3 Å². The molecule has 1 amide bonds. The van der Waals surface area contributed by atoms with E-state index in [0.717, 1.165) is 11.1 Å². The molecule has 0 bridgehead atoms. The van der Waals surface area contributed by atoms with Gasteiger partial charge in [0.25, 0.3) is 0 Å². The van der Waals surface area contributed by atoms with Gasteiger partial charge in [-0.05, 0) is 42.0 Å². The highest BCUT2D eigenvalue weighted by Crippen LogP contribution is 2.34. The van der Waals surface area contributed by atoms with Gasteiger partial charge in [0.05, 0.1) is 23.1 Å². The summed E-state index contributed by atoms with van der Waals surface area (Å²) in [7, 11) is 0. The van der Waals surface area contributed by atoms with E-state index in [4.69, 9.17) is 4.98 Å². The van der Waals surface area contributed by atoms with Crippen molar-refractivity contribution in [1.29, 1.82) is 0 Å². The van der Waals surface area contributed by atoms with E-state index in [-0.39, 0.29) is 11.4 Å². The molecule has 10 heteroatoms. The summed E-state index contributed by atoms with van der Waals surface area (Å²) in [6.45, 7) is 5.49. The second-order valence-corrected chi connectivity index (χ2v) is 10.0. The van der Waals surface area contributed by atoms with Crippen LogP contribution in [0.1, 0.15) is 20.8 Å². The van der Waals surface area contributed by atoms with Crippen molar-refractivity contribution in [2.75, 3.05) is 5.32 Å². The Morgan fingerprint density at radius 2 is 1.79 bits per heavy atom. The van der Waals surface area contributed by atoms with E-state index in [0.29, 0.717) is 44.9 Å². The van der Waals surface area contributed by atoms with Crippen molar-refractivity contribution in [3.63, 3.8) is 0 Å². The van der Waals surface area contributed by atoms with Crippen LogP contribution in [0, 0.1) is 11.2 Å². The summed E-state index contributed by atoms with van der Waals surface area (Å²) in [5, 5.41) is 10.6. The minimum absolute atomic E-state index is 0.139. The fraction of sp³-hybridized carbons (Fsp3) is 0.143. The number of carbonyl (C=O) groups excluding carboxylic acids is 1. The summed E-state index contributed by atoms with van der Waals surface area (Å²) in [6, 6.07) is 10.6. The summed E-state index contributed by atoms with van der Waals surface area (Å²) in [5.74, 6) is -0.125. The van der Waals surface area contributed by atoms with Crippen LogP contribution < -0.4 is 5.32 Å². The maximum absolute atomic E-state index is 15.2. The van der Waals surface area contributed by atoms with Gasteiger partial charge in [0.2, 0.25) is 5.91 Å². The first-order valence-corrected chi connectivity index (χ1v) is 12.0. The van der Waals surface area contributed by atoms with Gasteiger partial charge in [-0.15, -0.1) is 0 Å². The Hall–Kier alpha value is -4.99. The third kappa shape index (κ3) is 4.15. The number of H-pyrrole nitrogens is 2. The van der Waals surface area contributed by atoms with Gasteiger partial charge in [-0.2, -0.15) is 5.10 Å². The number of carbonyl (C=O) groups is 1. The molecule has 0 aliphatic carbocycles. The van der Waals surface area contributed by atoms with E-state index < -0.39 is 11.2 Å². The number of amides is 1. The Bertz CT molecular complexity index is 1820. The molecule has 9 nitrogen and oxygen atoms in total. The highest BCUT2D eigenvalue weighted by atomic mass is 19.1. The van der Waals surface area contributed by atoms with Crippen LogP contribution in [0.3, 0.4) is 0 Å². The summed E-state index contributed by atoms with van der Waals surface area (Å²) in [4.78, 5) is 33.5. The number of nitrogens with one attached hydrogen (secondary N) is 3. The fourth-order valence-electron chi connectivity index (χ4n) is 4.18. The zero-order chi connectivity index (χ0) is 26.4. The standard InChI is InChI=1S/C28H23FN8O/c1-28(2,3)27(38)33-18-9-17(13-31-14-18)16-10-19-23(20(29)11-16)36-37-24(19)26-34-21-6-8-32-22(25(21)35-26)15-5-4-7-30-12-15/h4-14H,1-3H3,(H,33,38)(H,34,35)(H,36,37). The van der Waals surface area contributed by atoms with Crippen LogP contribution in [-0.2, 0) is 4.79 Å². The lowest BCUT2D eigenvalue weighted by molar-refractivity contribution is -0.123. The second kappa shape index (κ2) is 8.84. The van der Waals surface area contributed by atoms with Gasteiger partial charge in [0, 0.05) is 46.7 Å². The number of benzene rings is 1. The first-order chi connectivity index (χ1) is 18.3. The van der Waals surface area contributed by atoms with Gasteiger partial charge in [0.15, 0.2) is 11.6 Å². The van der Waals surface area contributed by atoms with Gasteiger partial charge in [-0.1, -0.05) is 20.8 Å². The normalized spacial score (nSPS) is 11.8. The van der Waals surface area contributed by atoms with Crippen molar-refractivity contribution < 1.29 is 9.18 Å². The van der Waals surface area contributed by atoms with Gasteiger partial charge in [-0.25, -0.2) is 9.37 Å². The molecule has 0 fully saturated rings. The van der Waals surface area contributed by atoms with E-state index in [9.17, 15) is 4.79 Å². The van der Waals surface area contributed by atoms with E-state index in [2.05, 4.69) is 35.5 Å². The number of nitrogens with zero attached hydrogens (tertiary/aromatic N) is 5. The van der Waals surface area contributed by atoms with Crippen LogP contribution in [0.4, 0.5) is 10.1 Å². The van der Waals surface area contributed by atoms with Gasteiger partial charge >= 0.3 is 0 Å². The lowest BCUT2D eigenvalue weighted by atomic mass is 9.95. The highest BCUT2D eigenvalue weighted by molar-refractivity contribution is 5.98. The minimum Gasteiger partial charge on any atom is -0.337 e. The van der Waals surface area contributed by atoms with E-state index in [1.807, 2.05) is 45.0 Å². The van der Waals surface area contributed by atoms with Gasteiger partial charge in [0.1, 0.15) is 16.7 Å². The smallest absolute Gasteiger partial charge is 0.229 e. The summed E-state index contributed by atoms with van der Waals surface area (Å²) in [5.41, 5.74) is 4.91. The molecule has 38 heavy (non-hydrogen) atoms. The number of pyridine rings is 3. The SMILES string of the molecule is CC(C)(C)C(=O)Nc1cncc(-c2cc(F)c3n[nH]c(-c4nc5c(-c6cccnc6)nccc5[nH]4)c3c2)c1. The lowest BCUT2D eigenvalue weighted by Gasteiger charge is -2.17. The molecule has 188 valence electrons. The Balaban J connectivity index is 1.43. The Morgan fingerprint density at radius 1 is 0.947 bits per heavy atom. The maximum Gasteiger partial charge on any atom is 0.229 e. The predicted molar refractivity (Wildman–Crippen MR) is 143 cm³/mol. The molecule has 6 aromatic rings. The average Bonchev–Trinajstić information content (AvgIpc) is 3.53. The molecule has 5 aromatic heterocycles. The number of aromatic nitrogens is 7. The van der Waals surface area contributed by atoms with Crippen LogP contribution in [0.5, 0.6) is 0 Å². The Morgan fingerprint density at radius 3 is 2.58 bits per heavy atom. The lowest BCUT2D eigenvalue weighted by Crippen LogP contribution is -2.27. The molecular formula is C28H23FN8O. The van der Waals surface area contributed by atoms with Crippen LogP contribution in [0.15, 0.2) is 67.4 Å². The number of halogens is 1. The topological polar surface area (TPSA) is 125 Å². The second-order valence-electron chi connectivity index (χ2n) is 10.0. The van der Waals surface area contributed by atoms with Gasteiger partial charge in [-0.3, -0.25) is 24.8 Å². The first-order valence-electron chi connectivity index (χ1n) is 12.0. The zero-order valence-electron chi connectivity index (χ0n) is 20.9. The Kier molecular flexibility index (Phi) is 5.45. The van der Waals surface area contributed by atoms with E-state index in [1.165, 1.54) is 6.07 Å². The van der Waals surface area contributed by atoms with Crippen LogP contribution in [0.2, 0.25) is 0 Å². The maximum atomic E-state index is 15.2. The quantitative estimate of drug-likeness (QED) is 0.280. The van der Waals surface area contributed by atoms with Crippen molar-refractivity contribution in [1.82, 2.24) is 35.1 Å². The molecule has 0 aliphatic heterocycles. The van der Waals surface area contributed by atoms with Crippen molar-refractivity contribution in [3.05, 3.63) is 73.2 Å². The third-order valence-electron chi connectivity index (χ3n) is 6.20. The highest BCUT2D eigenvalue weighted by Gasteiger charge is 2.22. The monoisotopic (exact) mass is 506 g/mol. The number of aromatic amines is 2. The molecule has 0 aliphatic rings. The fourth-order valence-corrected chi connectivity index (χ4v) is 4.18. The van der Waals surface area contributed by atoms with Crippen molar-refractivity contribution in [2.24, 2.45) is 5.41 Å². The summed E-state index contributed by atoms with van der Waals surface area (Å²) in [6.07, 6.45) is 8.32. The van der Waals surface area contributed by atoms with Crippen molar-refractivity contribution in [2.45, 2.75) is 20.8 Å². The van der Waals surface area contributed by atoms with Crippen LogP contribution in [-0.4, -0.2) is 41.0 Å². The minimum atomic E-state index is -0.564. The third-order valence-corrected chi connectivity index (χ3v) is 6.20. The molecule has 0 atom stereocenters. The molecule has 5 heterocycles. The zero-order valence-corrected chi connectivity index (χ0v) is 20.9. The van der Waals surface area contributed by atoms with Crippen molar-refractivity contribution >= 4 is 33.5 Å². The number of fused-ring (bicyclic) bond motifs is 2. The largest absolute Gasteiger partial charge is 0.337 e. The van der Waals surface area contributed by atoms with E-state index >= 15 is 4.39 Å². The Labute approximate surface area is 216 Å². The average molecular weight is 507 g/mol. The number of hydrogen-bond acceptors (Lipinski definition) is 6. The molecular weight excluding hydrogens is 483 g/mol. The summed E-state index contributed by atoms with van der Waals surface area (Å²) < 4.78 is 15.2. The molecule has 0 spiro atoms. The number of rotatable bonds is 4. The predicted octanol–water partition coefficient (Wildman–Crippen LogP) is 5.75. The summed E-state index contributed by atoms with van der Waals surface area (Å²) >= 11 is 0. The first kappa shape index (κ1) is 23.4. The molecule has 0 unspecified atom stereocenters. The number of hydrogen-bond donors (Lipinski definition) is 3. The molecule has 0 saturated heterocycles. The van der Waals surface area contributed by atoms with Crippen molar-refractivity contribution in [3.8, 4) is 33.9 Å². The molecule has 3 N–H and O–H groups in total. The number of imidazole rings is 1. The van der Waals surface area contributed by atoms with Crippen LogP contribution >= 0.6 is 0 Å². The van der Waals surface area contributed by atoms with Crippen LogP contribution in [0.25, 0.3) is 55.8 Å². The molecule has 1 aromatic carbocycles. The molecule has 6 rings (SSSR count). The number of anilines is 1. The molecule has 0 saturated carbocycles. The van der Waals surface area contributed by atoms with E-state index in [1.54, 1.807) is 37.1 Å². The molecule has 0 radical (unpaired) electrons.